The Hall–Kier alpha value is -2.97. The van der Waals surface area contributed by atoms with E-state index < -0.39 is 27.7 Å². The number of sulfonamides is 1. The molecule has 1 aromatic heterocycles. The summed E-state index contributed by atoms with van der Waals surface area (Å²) in [5, 5.41) is 9.29. The van der Waals surface area contributed by atoms with E-state index in [4.69, 9.17) is 11.6 Å². The summed E-state index contributed by atoms with van der Waals surface area (Å²) in [4.78, 5) is 15.3. The lowest BCUT2D eigenvalue weighted by Crippen LogP contribution is -2.16. The predicted molar refractivity (Wildman–Crippen MR) is 113 cm³/mol. The van der Waals surface area contributed by atoms with Gasteiger partial charge in [0.25, 0.3) is 10.0 Å². The highest BCUT2D eigenvalue weighted by atomic mass is 35.5. The standard InChI is InChI=1S/C21H18ClFN2O4S/c1-12-8-16(11-24-10-12)30(28,29)25-20-18(14-4-3-5-15(23)9-14)7-6-17(19(20)22)13(2)21(26)27/h3-11,13,25H,1-2H3,(H,26,27). The maximum atomic E-state index is 13.8. The monoisotopic (exact) mass is 448 g/mol. The number of benzene rings is 2. The van der Waals surface area contributed by atoms with Gasteiger partial charge in [-0.2, -0.15) is 0 Å². The van der Waals surface area contributed by atoms with Gasteiger partial charge < -0.3 is 5.11 Å². The molecule has 1 unspecified atom stereocenters. The molecule has 0 spiro atoms. The van der Waals surface area contributed by atoms with Crippen LogP contribution in [-0.4, -0.2) is 24.5 Å². The minimum absolute atomic E-state index is 0.0330. The largest absolute Gasteiger partial charge is 0.481 e. The highest BCUT2D eigenvalue weighted by molar-refractivity contribution is 7.92. The molecule has 0 radical (unpaired) electrons. The summed E-state index contributed by atoms with van der Waals surface area (Å²) in [6, 6.07) is 10.0. The van der Waals surface area contributed by atoms with E-state index in [1.54, 1.807) is 13.0 Å². The van der Waals surface area contributed by atoms with Crippen LogP contribution in [0.15, 0.2) is 59.8 Å². The van der Waals surface area contributed by atoms with Gasteiger partial charge in [0.05, 0.1) is 16.6 Å². The van der Waals surface area contributed by atoms with Crippen LogP contribution in [-0.2, 0) is 14.8 Å². The molecule has 3 aromatic rings. The van der Waals surface area contributed by atoms with Gasteiger partial charge in [-0.1, -0.05) is 35.9 Å². The fourth-order valence-electron chi connectivity index (χ4n) is 2.92. The second-order valence-electron chi connectivity index (χ2n) is 6.77. The average molecular weight is 449 g/mol. The molecule has 2 aromatic carbocycles. The molecule has 0 saturated carbocycles. The van der Waals surface area contributed by atoms with E-state index in [-0.39, 0.29) is 21.2 Å². The number of aliphatic carboxylic acids is 1. The van der Waals surface area contributed by atoms with Gasteiger partial charge >= 0.3 is 5.97 Å². The van der Waals surface area contributed by atoms with Crippen LogP contribution in [0, 0.1) is 12.7 Å². The van der Waals surface area contributed by atoms with Gasteiger partial charge in [0.1, 0.15) is 10.7 Å². The molecule has 0 bridgehead atoms. The first-order chi connectivity index (χ1) is 14.1. The number of aromatic nitrogens is 1. The number of hydrogen-bond acceptors (Lipinski definition) is 4. The van der Waals surface area contributed by atoms with Crippen LogP contribution < -0.4 is 4.72 Å². The van der Waals surface area contributed by atoms with Crippen molar-refractivity contribution in [2.24, 2.45) is 0 Å². The average Bonchev–Trinajstić information content (AvgIpc) is 2.68. The Bertz CT molecular complexity index is 1230. The SMILES string of the molecule is Cc1cncc(S(=O)(=O)Nc2c(-c3cccc(F)c3)ccc(C(C)C(=O)O)c2Cl)c1. The van der Waals surface area contributed by atoms with Gasteiger partial charge in [0.2, 0.25) is 0 Å². The molecule has 1 heterocycles. The number of carbonyl (C=O) groups is 1. The molecule has 0 aliphatic heterocycles. The Labute approximate surface area is 178 Å². The fraction of sp³-hybridized carbons (Fsp3) is 0.143. The minimum atomic E-state index is -4.10. The summed E-state index contributed by atoms with van der Waals surface area (Å²) >= 11 is 6.47. The number of nitrogens with zero attached hydrogens (tertiary/aromatic N) is 1. The molecule has 9 heteroatoms. The van der Waals surface area contributed by atoms with Gasteiger partial charge in [-0.25, -0.2) is 12.8 Å². The van der Waals surface area contributed by atoms with Crippen molar-refractivity contribution in [1.82, 2.24) is 4.98 Å². The van der Waals surface area contributed by atoms with Gasteiger partial charge in [-0.15, -0.1) is 0 Å². The van der Waals surface area contributed by atoms with E-state index in [2.05, 4.69) is 9.71 Å². The van der Waals surface area contributed by atoms with Crippen molar-refractivity contribution in [2.75, 3.05) is 4.72 Å². The Morgan fingerprint density at radius 2 is 1.93 bits per heavy atom. The lowest BCUT2D eigenvalue weighted by molar-refractivity contribution is -0.138. The third-order valence-corrected chi connectivity index (χ3v) is 6.26. The Balaban J connectivity index is 2.21. The van der Waals surface area contributed by atoms with Crippen LogP contribution in [0.2, 0.25) is 5.02 Å². The number of carboxylic acids is 1. The summed E-state index contributed by atoms with van der Waals surface area (Å²) in [5.74, 6) is -2.61. The first-order valence-corrected chi connectivity index (χ1v) is 10.7. The smallest absolute Gasteiger partial charge is 0.310 e. The van der Waals surface area contributed by atoms with Crippen LogP contribution >= 0.6 is 11.6 Å². The van der Waals surface area contributed by atoms with Crippen LogP contribution in [0.1, 0.15) is 24.0 Å². The van der Waals surface area contributed by atoms with Crippen LogP contribution in [0.25, 0.3) is 11.1 Å². The molecule has 3 rings (SSSR count). The van der Waals surface area contributed by atoms with Crippen molar-refractivity contribution in [2.45, 2.75) is 24.7 Å². The van der Waals surface area contributed by atoms with Gasteiger partial charge in [-0.3, -0.25) is 14.5 Å². The van der Waals surface area contributed by atoms with Gasteiger partial charge in [0.15, 0.2) is 0 Å². The molecule has 0 aliphatic carbocycles. The Morgan fingerprint density at radius 3 is 2.57 bits per heavy atom. The lowest BCUT2D eigenvalue weighted by atomic mass is 9.95. The lowest BCUT2D eigenvalue weighted by Gasteiger charge is -2.19. The van der Waals surface area contributed by atoms with E-state index in [1.807, 2.05) is 0 Å². The summed E-state index contributed by atoms with van der Waals surface area (Å²) in [6.45, 7) is 3.14. The van der Waals surface area contributed by atoms with Crippen LogP contribution in [0.3, 0.4) is 0 Å². The zero-order valence-corrected chi connectivity index (χ0v) is 17.6. The highest BCUT2D eigenvalue weighted by Crippen LogP contribution is 2.40. The molecule has 0 saturated heterocycles. The van der Waals surface area contributed by atoms with Crippen molar-refractivity contribution in [3.8, 4) is 11.1 Å². The summed E-state index contributed by atoms with van der Waals surface area (Å²) in [5.41, 5.74) is 1.53. The number of halogens is 2. The quantitative estimate of drug-likeness (QED) is 0.562. The van der Waals surface area contributed by atoms with Gasteiger partial charge in [-0.05, 0) is 48.7 Å². The maximum absolute atomic E-state index is 13.8. The molecule has 2 N–H and O–H groups in total. The second kappa shape index (κ2) is 8.41. The minimum Gasteiger partial charge on any atom is -0.481 e. The molecule has 6 nitrogen and oxygen atoms in total. The molecular formula is C21H18ClFN2O4S. The van der Waals surface area contributed by atoms with E-state index in [1.165, 1.54) is 55.7 Å². The van der Waals surface area contributed by atoms with Crippen molar-refractivity contribution >= 4 is 33.3 Å². The topological polar surface area (TPSA) is 96.4 Å². The molecular weight excluding hydrogens is 431 g/mol. The Kier molecular flexibility index (Phi) is 6.09. The van der Waals surface area contributed by atoms with E-state index in [9.17, 15) is 22.7 Å². The summed E-state index contributed by atoms with van der Waals surface area (Å²) in [7, 11) is -4.10. The van der Waals surface area contributed by atoms with Crippen molar-refractivity contribution in [1.29, 1.82) is 0 Å². The molecule has 0 amide bonds. The van der Waals surface area contributed by atoms with Crippen LogP contribution in [0.5, 0.6) is 0 Å². The zero-order chi connectivity index (χ0) is 22.1. The molecule has 0 fully saturated rings. The molecule has 30 heavy (non-hydrogen) atoms. The number of carboxylic acid groups (broad SMARTS) is 1. The zero-order valence-electron chi connectivity index (χ0n) is 16.1. The second-order valence-corrected chi connectivity index (χ2v) is 8.83. The number of pyridine rings is 1. The molecule has 0 aliphatic rings. The number of rotatable bonds is 6. The third-order valence-electron chi connectivity index (χ3n) is 4.54. The number of hydrogen-bond donors (Lipinski definition) is 2. The highest BCUT2D eigenvalue weighted by Gasteiger charge is 2.25. The van der Waals surface area contributed by atoms with Crippen molar-refractivity contribution in [3.63, 3.8) is 0 Å². The van der Waals surface area contributed by atoms with Crippen molar-refractivity contribution in [3.05, 3.63) is 76.8 Å². The first kappa shape index (κ1) is 21.7. The van der Waals surface area contributed by atoms with E-state index in [0.717, 1.165) is 0 Å². The predicted octanol–water partition coefficient (Wildman–Crippen LogP) is 4.84. The fourth-order valence-corrected chi connectivity index (χ4v) is 4.49. The first-order valence-electron chi connectivity index (χ1n) is 8.86. The number of anilines is 1. The summed E-state index contributed by atoms with van der Waals surface area (Å²) < 4.78 is 42.2. The third kappa shape index (κ3) is 4.44. The van der Waals surface area contributed by atoms with Crippen LogP contribution in [0.4, 0.5) is 10.1 Å². The van der Waals surface area contributed by atoms with Gasteiger partial charge in [0, 0.05) is 18.0 Å². The Morgan fingerprint density at radius 1 is 1.20 bits per heavy atom. The molecule has 156 valence electrons. The number of nitrogens with one attached hydrogen (secondary N) is 1. The molecule has 1 atom stereocenters. The van der Waals surface area contributed by atoms with Crippen molar-refractivity contribution < 1.29 is 22.7 Å². The summed E-state index contributed by atoms with van der Waals surface area (Å²) in [6.07, 6.45) is 2.70. The maximum Gasteiger partial charge on any atom is 0.310 e. The normalized spacial score (nSPS) is 12.4. The number of aryl methyl sites for hydroxylation is 1. The van der Waals surface area contributed by atoms with E-state index >= 15 is 0 Å². The van der Waals surface area contributed by atoms with E-state index in [0.29, 0.717) is 16.7 Å².